The number of amides is 2. The highest BCUT2D eigenvalue weighted by atomic mass is 19.3. The number of carbonyl (C=O) groups excluding carboxylic acids is 3. The molecular weight excluding hydrogens is 493 g/mol. The summed E-state index contributed by atoms with van der Waals surface area (Å²) in [5.74, 6) is -4.43. The van der Waals surface area contributed by atoms with Gasteiger partial charge in [-0.1, -0.05) is 30.3 Å². The first-order valence-corrected chi connectivity index (χ1v) is 13.3. The SMILES string of the molecule is CC(=O)C1(CC(=O)N(c2ccccc2)C2CCCC(F)(F)C2)CCN(C(=O)C(C)c2cccc(F)c2)CC1. The van der Waals surface area contributed by atoms with Crippen LogP contribution < -0.4 is 4.90 Å². The van der Waals surface area contributed by atoms with Crippen molar-refractivity contribution >= 4 is 23.3 Å². The number of hydrogen-bond donors (Lipinski definition) is 0. The lowest BCUT2D eigenvalue weighted by molar-refractivity contribution is -0.141. The van der Waals surface area contributed by atoms with Crippen LogP contribution in [-0.2, 0) is 14.4 Å². The van der Waals surface area contributed by atoms with E-state index in [2.05, 4.69) is 0 Å². The zero-order valence-corrected chi connectivity index (χ0v) is 22.0. The Labute approximate surface area is 222 Å². The van der Waals surface area contributed by atoms with Crippen LogP contribution in [0.1, 0.15) is 70.3 Å². The van der Waals surface area contributed by atoms with Gasteiger partial charge in [-0.2, -0.15) is 0 Å². The Balaban J connectivity index is 1.50. The average Bonchev–Trinajstić information content (AvgIpc) is 2.88. The van der Waals surface area contributed by atoms with Gasteiger partial charge in [0, 0.05) is 49.5 Å². The summed E-state index contributed by atoms with van der Waals surface area (Å²) in [5, 5.41) is 0. The zero-order valence-electron chi connectivity index (χ0n) is 22.0. The van der Waals surface area contributed by atoms with E-state index in [1.54, 1.807) is 54.3 Å². The largest absolute Gasteiger partial charge is 0.342 e. The van der Waals surface area contributed by atoms with E-state index in [4.69, 9.17) is 0 Å². The van der Waals surface area contributed by atoms with Crippen molar-refractivity contribution in [3.05, 3.63) is 66.0 Å². The number of carbonyl (C=O) groups is 3. The number of para-hydroxylation sites is 1. The summed E-state index contributed by atoms with van der Waals surface area (Å²) in [6.07, 6.45) is 0.728. The fraction of sp³-hybridized carbons (Fsp3) is 0.500. The molecule has 0 N–H and O–H groups in total. The van der Waals surface area contributed by atoms with Gasteiger partial charge >= 0.3 is 0 Å². The van der Waals surface area contributed by atoms with Gasteiger partial charge in [-0.25, -0.2) is 13.2 Å². The molecule has 1 saturated carbocycles. The van der Waals surface area contributed by atoms with Crippen LogP contribution in [-0.4, -0.2) is 47.6 Å². The van der Waals surface area contributed by atoms with Gasteiger partial charge in [-0.3, -0.25) is 14.4 Å². The van der Waals surface area contributed by atoms with Crippen molar-refractivity contribution in [3.8, 4) is 0 Å². The third-order valence-electron chi connectivity index (χ3n) is 8.27. The summed E-state index contributed by atoms with van der Waals surface area (Å²) in [5.41, 5.74) is 0.159. The lowest BCUT2D eigenvalue weighted by atomic mass is 9.72. The van der Waals surface area contributed by atoms with E-state index in [0.29, 0.717) is 36.9 Å². The first kappa shape index (κ1) is 27.9. The van der Waals surface area contributed by atoms with Gasteiger partial charge < -0.3 is 9.80 Å². The quantitative estimate of drug-likeness (QED) is 0.435. The molecule has 204 valence electrons. The second-order valence-electron chi connectivity index (χ2n) is 10.8. The molecule has 1 aliphatic carbocycles. The summed E-state index contributed by atoms with van der Waals surface area (Å²) >= 11 is 0. The maximum atomic E-state index is 14.3. The molecule has 1 saturated heterocycles. The Hall–Kier alpha value is -3.16. The van der Waals surface area contributed by atoms with Gasteiger partial charge in [0.1, 0.15) is 11.6 Å². The van der Waals surface area contributed by atoms with Crippen LogP contribution in [0, 0.1) is 11.2 Å². The van der Waals surface area contributed by atoms with Gasteiger partial charge in [0.25, 0.3) is 0 Å². The molecule has 1 heterocycles. The van der Waals surface area contributed by atoms with Crippen molar-refractivity contribution in [3.63, 3.8) is 0 Å². The lowest BCUT2D eigenvalue weighted by Gasteiger charge is -2.43. The van der Waals surface area contributed by atoms with Gasteiger partial charge in [0.2, 0.25) is 17.7 Å². The summed E-state index contributed by atoms with van der Waals surface area (Å²) in [4.78, 5) is 43.0. The molecule has 0 aromatic heterocycles. The molecule has 0 bridgehead atoms. The summed E-state index contributed by atoms with van der Waals surface area (Å²) in [6, 6.07) is 14.1. The van der Waals surface area contributed by atoms with Crippen LogP contribution >= 0.6 is 0 Å². The zero-order chi connectivity index (χ0) is 27.5. The molecule has 2 atom stereocenters. The summed E-state index contributed by atoms with van der Waals surface area (Å²) in [7, 11) is 0. The van der Waals surface area contributed by atoms with Crippen LogP contribution in [0.4, 0.5) is 18.9 Å². The Morgan fingerprint density at radius 1 is 1.03 bits per heavy atom. The number of piperidine rings is 1. The third kappa shape index (κ3) is 6.11. The molecule has 2 fully saturated rings. The standard InChI is InChI=1S/C30H35F3N2O3/c1-21(23-8-6-9-24(31)18-23)28(38)34-16-14-29(15-17-34,22(2)36)20-27(37)35(25-10-4-3-5-11-25)26-12-7-13-30(32,33)19-26/h3-6,8-11,18,21,26H,7,12-17,19-20H2,1-2H3. The van der Waals surface area contributed by atoms with E-state index in [0.717, 1.165) is 0 Å². The highest BCUT2D eigenvalue weighted by Gasteiger charge is 2.45. The van der Waals surface area contributed by atoms with Crippen molar-refractivity contribution in [2.45, 2.75) is 76.7 Å². The number of likely N-dealkylation sites (tertiary alicyclic amines) is 1. The number of nitrogens with zero attached hydrogens (tertiary/aromatic N) is 2. The lowest BCUT2D eigenvalue weighted by Crippen LogP contribution is -2.51. The predicted octanol–water partition coefficient (Wildman–Crippen LogP) is 6.13. The number of benzene rings is 2. The first-order valence-electron chi connectivity index (χ1n) is 13.3. The van der Waals surface area contributed by atoms with Gasteiger partial charge in [0.05, 0.1) is 5.92 Å². The molecule has 5 nitrogen and oxygen atoms in total. The molecule has 0 spiro atoms. The molecule has 2 aromatic carbocycles. The Morgan fingerprint density at radius 3 is 2.32 bits per heavy atom. The normalized spacial score (nSPS) is 21.4. The van der Waals surface area contributed by atoms with Crippen LogP contribution in [0.15, 0.2) is 54.6 Å². The van der Waals surface area contributed by atoms with E-state index in [1.165, 1.54) is 24.0 Å². The van der Waals surface area contributed by atoms with Crippen molar-refractivity contribution < 1.29 is 27.6 Å². The molecule has 0 radical (unpaired) electrons. The Kier molecular flexibility index (Phi) is 8.28. The predicted molar refractivity (Wildman–Crippen MR) is 139 cm³/mol. The van der Waals surface area contributed by atoms with E-state index >= 15 is 0 Å². The minimum Gasteiger partial charge on any atom is -0.342 e. The van der Waals surface area contributed by atoms with Crippen molar-refractivity contribution in [1.29, 1.82) is 0 Å². The average molecular weight is 529 g/mol. The van der Waals surface area contributed by atoms with Gasteiger partial charge in [-0.15, -0.1) is 0 Å². The Morgan fingerprint density at radius 2 is 1.71 bits per heavy atom. The molecule has 2 amide bonds. The molecule has 2 aliphatic rings. The van der Waals surface area contributed by atoms with Crippen LogP contribution in [0.3, 0.4) is 0 Å². The van der Waals surface area contributed by atoms with Crippen molar-refractivity contribution in [2.75, 3.05) is 18.0 Å². The number of ketones is 1. The number of alkyl halides is 2. The monoisotopic (exact) mass is 528 g/mol. The van der Waals surface area contributed by atoms with E-state index in [9.17, 15) is 27.6 Å². The minimum absolute atomic E-state index is 0.0964. The minimum atomic E-state index is -2.83. The van der Waals surface area contributed by atoms with Gasteiger partial charge in [0.15, 0.2) is 0 Å². The Bertz CT molecular complexity index is 1160. The summed E-state index contributed by atoms with van der Waals surface area (Å²) in [6.45, 7) is 3.77. The first-order chi connectivity index (χ1) is 18.0. The molecule has 8 heteroatoms. The van der Waals surface area contributed by atoms with Crippen LogP contribution in [0.25, 0.3) is 0 Å². The number of anilines is 1. The van der Waals surface area contributed by atoms with Crippen molar-refractivity contribution in [1.82, 2.24) is 4.90 Å². The molecule has 2 unspecified atom stereocenters. The molecular formula is C30H35F3N2O3. The third-order valence-corrected chi connectivity index (χ3v) is 8.27. The maximum absolute atomic E-state index is 14.3. The second kappa shape index (κ2) is 11.3. The molecule has 4 rings (SSSR count). The number of hydrogen-bond acceptors (Lipinski definition) is 3. The number of rotatable bonds is 7. The smallest absolute Gasteiger partial charge is 0.250 e. The highest BCUT2D eigenvalue weighted by Crippen LogP contribution is 2.41. The topological polar surface area (TPSA) is 57.7 Å². The fourth-order valence-corrected chi connectivity index (χ4v) is 5.89. The number of halogens is 3. The van der Waals surface area contributed by atoms with E-state index in [-0.39, 0.29) is 43.5 Å². The van der Waals surface area contributed by atoms with Crippen LogP contribution in [0.2, 0.25) is 0 Å². The maximum Gasteiger partial charge on any atom is 0.250 e. The summed E-state index contributed by atoms with van der Waals surface area (Å²) < 4.78 is 42.3. The highest BCUT2D eigenvalue weighted by molar-refractivity contribution is 5.98. The van der Waals surface area contributed by atoms with Crippen molar-refractivity contribution in [2.24, 2.45) is 5.41 Å². The molecule has 1 aliphatic heterocycles. The van der Waals surface area contributed by atoms with E-state index < -0.39 is 35.5 Å². The van der Waals surface area contributed by atoms with Gasteiger partial charge in [-0.05, 0) is 69.4 Å². The fourth-order valence-electron chi connectivity index (χ4n) is 5.89. The van der Waals surface area contributed by atoms with Crippen LogP contribution in [0.5, 0.6) is 0 Å². The second-order valence-corrected chi connectivity index (χ2v) is 10.8. The molecule has 2 aromatic rings. The van der Waals surface area contributed by atoms with E-state index in [1.807, 2.05) is 0 Å². The number of Topliss-reactive ketones (excluding diaryl/α,β-unsaturated/α-hetero) is 1. The molecule has 38 heavy (non-hydrogen) atoms.